The van der Waals surface area contributed by atoms with Crippen molar-refractivity contribution in [2.45, 2.75) is 203 Å². The number of hydrogen-bond acceptors (Lipinski definition) is 0. The van der Waals surface area contributed by atoms with E-state index in [2.05, 4.69) is 171 Å². The summed E-state index contributed by atoms with van der Waals surface area (Å²) >= 11 is 0. The van der Waals surface area contributed by atoms with Crippen LogP contribution in [0.15, 0.2) is 18.2 Å². The summed E-state index contributed by atoms with van der Waals surface area (Å²) in [6.07, 6.45) is 1.04. The summed E-state index contributed by atoms with van der Waals surface area (Å²) < 4.78 is 0. The quantitative estimate of drug-likeness (QED) is 0.334. The van der Waals surface area contributed by atoms with Crippen LogP contribution in [-0.4, -0.2) is 0 Å². The molecule has 2 aromatic rings. The molecule has 0 amide bonds. The zero-order valence-electron chi connectivity index (χ0n) is 33.0. The Bertz CT molecular complexity index is 1260. The average molecular weight is 589 g/mol. The van der Waals surface area contributed by atoms with Gasteiger partial charge in [0.1, 0.15) is 0 Å². The lowest BCUT2D eigenvalue weighted by Gasteiger charge is -2.43. The maximum Gasteiger partial charge on any atom is -0.0126 e. The van der Waals surface area contributed by atoms with Crippen LogP contribution in [0.25, 0.3) is 0 Å². The van der Waals surface area contributed by atoms with Gasteiger partial charge < -0.3 is 0 Å². The van der Waals surface area contributed by atoms with Gasteiger partial charge in [-0.1, -0.05) is 171 Å². The molecule has 0 aromatic heterocycles. The molecule has 0 aliphatic carbocycles. The van der Waals surface area contributed by atoms with E-state index in [0.717, 1.165) is 6.42 Å². The molecule has 0 aliphatic heterocycles. The molecule has 0 radical (unpaired) electrons. The molecule has 43 heavy (non-hydrogen) atoms. The van der Waals surface area contributed by atoms with E-state index < -0.39 is 0 Å². The molecule has 1 unspecified atom stereocenters. The Balaban J connectivity index is 3.08. The average Bonchev–Trinajstić information content (AvgIpc) is 2.72. The van der Waals surface area contributed by atoms with E-state index in [0.29, 0.717) is 5.92 Å². The smallest absolute Gasteiger partial charge is 0.0126 e. The van der Waals surface area contributed by atoms with Gasteiger partial charge in [0, 0.05) is 0 Å². The first-order valence-electron chi connectivity index (χ1n) is 17.1. The van der Waals surface area contributed by atoms with Crippen molar-refractivity contribution in [3.63, 3.8) is 0 Å². The maximum absolute atomic E-state index is 2.64. The summed E-state index contributed by atoms with van der Waals surface area (Å²) in [5.74, 6) is 0.395. The minimum Gasteiger partial charge on any atom is -0.0581 e. The van der Waals surface area contributed by atoms with E-state index >= 15 is 0 Å². The molecule has 0 saturated heterocycles. The second kappa shape index (κ2) is 11.4. The van der Waals surface area contributed by atoms with Gasteiger partial charge in [0.25, 0.3) is 0 Å². The predicted molar refractivity (Wildman–Crippen MR) is 196 cm³/mol. The van der Waals surface area contributed by atoms with E-state index in [1.807, 2.05) is 0 Å². The topological polar surface area (TPSA) is 0 Å². The van der Waals surface area contributed by atoms with Crippen LogP contribution in [0.3, 0.4) is 0 Å². The summed E-state index contributed by atoms with van der Waals surface area (Å²) in [6, 6.07) is 7.78. The first kappa shape index (κ1) is 37.6. The predicted octanol–water partition coefficient (Wildman–Crippen LogP) is 13.1. The minimum absolute atomic E-state index is 0.0336. The van der Waals surface area contributed by atoms with Crippen LogP contribution in [0.4, 0.5) is 0 Å². The summed E-state index contributed by atoms with van der Waals surface area (Å²) in [5, 5.41) is 0. The summed E-state index contributed by atoms with van der Waals surface area (Å²) in [6.45, 7) is 53.1. The third-order valence-electron chi connectivity index (χ3n) is 9.05. The highest BCUT2D eigenvalue weighted by Crippen LogP contribution is 2.49. The Morgan fingerprint density at radius 2 is 0.674 bits per heavy atom. The van der Waals surface area contributed by atoms with E-state index in [1.54, 1.807) is 27.8 Å². The lowest BCUT2D eigenvalue weighted by Crippen LogP contribution is -2.33. The van der Waals surface area contributed by atoms with Gasteiger partial charge in [-0.25, -0.2) is 0 Å². The molecule has 244 valence electrons. The Hall–Kier alpha value is -1.56. The van der Waals surface area contributed by atoms with Gasteiger partial charge >= 0.3 is 0 Å². The monoisotopic (exact) mass is 589 g/mol. The largest absolute Gasteiger partial charge is 0.0581 e. The van der Waals surface area contributed by atoms with Crippen LogP contribution in [-0.2, 0) is 44.3 Å². The summed E-state index contributed by atoms with van der Waals surface area (Å²) in [5.41, 5.74) is 14.2. The number of rotatable bonds is 3. The first-order valence-corrected chi connectivity index (χ1v) is 17.1. The molecular formula is C43H72. The molecule has 2 aromatic carbocycles. The van der Waals surface area contributed by atoms with Crippen molar-refractivity contribution in [1.29, 1.82) is 0 Å². The van der Waals surface area contributed by atoms with Crippen molar-refractivity contribution < 1.29 is 0 Å². The van der Waals surface area contributed by atoms with Crippen LogP contribution in [0.2, 0.25) is 0 Å². The third kappa shape index (κ3) is 8.38. The molecule has 1 atom stereocenters. The van der Waals surface area contributed by atoms with Crippen molar-refractivity contribution in [3.8, 4) is 0 Å². The lowest BCUT2D eigenvalue weighted by molar-refractivity contribution is 0.470. The molecule has 0 N–H and O–H groups in total. The van der Waals surface area contributed by atoms with Crippen LogP contribution >= 0.6 is 0 Å². The molecule has 0 fully saturated rings. The normalized spacial score (nSPS) is 15.2. The van der Waals surface area contributed by atoms with Crippen molar-refractivity contribution >= 4 is 0 Å². The molecule has 0 saturated carbocycles. The Morgan fingerprint density at radius 3 is 0.953 bits per heavy atom. The minimum atomic E-state index is 0.0336. The Labute approximate surface area is 270 Å². The van der Waals surface area contributed by atoms with Gasteiger partial charge in [-0.3, -0.25) is 0 Å². The maximum atomic E-state index is 2.64. The fraction of sp³-hybridized carbons (Fsp3) is 0.721. The van der Waals surface area contributed by atoms with Crippen molar-refractivity contribution in [2.24, 2.45) is 0 Å². The molecule has 0 spiro atoms. The fourth-order valence-corrected chi connectivity index (χ4v) is 7.30. The van der Waals surface area contributed by atoms with Gasteiger partial charge in [-0.2, -0.15) is 0 Å². The van der Waals surface area contributed by atoms with Gasteiger partial charge in [-0.05, 0) is 100 Å². The second-order valence-electron chi connectivity index (χ2n) is 21.1. The Kier molecular flexibility index (Phi) is 9.93. The van der Waals surface area contributed by atoms with E-state index in [4.69, 9.17) is 0 Å². The van der Waals surface area contributed by atoms with E-state index in [-0.39, 0.29) is 37.9 Å². The summed E-state index contributed by atoms with van der Waals surface area (Å²) in [7, 11) is 0. The van der Waals surface area contributed by atoms with E-state index in [9.17, 15) is 0 Å². The van der Waals surface area contributed by atoms with Crippen LogP contribution < -0.4 is 0 Å². The molecule has 0 heterocycles. The molecular weight excluding hydrogens is 516 g/mol. The zero-order chi connectivity index (χ0) is 34.1. The van der Waals surface area contributed by atoms with Crippen LogP contribution in [0, 0.1) is 0 Å². The number of hydrogen-bond donors (Lipinski definition) is 0. The lowest BCUT2D eigenvalue weighted by atomic mass is 9.62. The van der Waals surface area contributed by atoms with Crippen molar-refractivity contribution in [2.75, 3.05) is 0 Å². The van der Waals surface area contributed by atoms with E-state index in [1.165, 1.54) is 22.3 Å². The molecule has 0 heteroatoms. The SMILES string of the molecule is CC(Cc1cc(C(C)(C)C)c(C(C)(C)C)c(C(C)(C)C)c1)c1cc(C(C)(C)C)c(C(C)(C)C)c(C(C)(C)C)c1C(C)(C)C. The summed E-state index contributed by atoms with van der Waals surface area (Å²) in [4.78, 5) is 0. The van der Waals surface area contributed by atoms with Crippen molar-refractivity contribution in [3.05, 3.63) is 68.3 Å². The molecule has 0 bridgehead atoms. The standard InChI is InChI=1S/C43H72/c1-27(23-28-24-30(37(2,3)4)34(41(14,15)16)31(25-28)38(5,6)7)29-26-32(39(8,9)10)35(42(17,18)19)36(43(20,21)22)33(29)40(11,12)13/h24-27H,23H2,1-22H3. The van der Waals surface area contributed by atoms with Gasteiger partial charge in [-0.15, -0.1) is 0 Å². The van der Waals surface area contributed by atoms with Gasteiger partial charge in [0.05, 0.1) is 0 Å². The Morgan fingerprint density at radius 1 is 0.372 bits per heavy atom. The van der Waals surface area contributed by atoms with Gasteiger partial charge in [0.15, 0.2) is 0 Å². The van der Waals surface area contributed by atoms with Crippen LogP contribution in [0.5, 0.6) is 0 Å². The third-order valence-corrected chi connectivity index (χ3v) is 9.05. The zero-order valence-corrected chi connectivity index (χ0v) is 33.0. The fourth-order valence-electron chi connectivity index (χ4n) is 7.30. The molecule has 2 rings (SSSR count). The molecule has 0 nitrogen and oxygen atoms in total. The highest BCUT2D eigenvalue weighted by molar-refractivity contribution is 5.58. The van der Waals surface area contributed by atoms with Crippen LogP contribution in [0.1, 0.15) is 208 Å². The highest BCUT2D eigenvalue weighted by atomic mass is 14.4. The molecule has 0 aliphatic rings. The second-order valence-corrected chi connectivity index (χ2v) is 21.1. The number of benzene rings is 2. The van der Waals surface area contributed by atoms with Crippen molar-refractivity contribution in [1.82, 2.24) is 0 Å². The van der Waals surface area contributed by atoms with Gasteiger partial charge in [0.2, 0.25) is 0 Å². The first-order chi connectivity index (χ1) is 18.7. The highest BCUT2D eigenvalue weighted by Gasteiger charge is 2.39.